The highest BCUT2D eigenvalue weighted by molar-refractivity contribution is 5.74. The molecule has 0 unspecified atom stereocenters. The van der Waals surface area contributed by atoms with Gasteiger partial charge in [-0.2, -0.15) is 0 Å². The van der Waals surface area contributed by atoms with Crippen LogP contribution in [-0.2, 0) is 11.3 Å². The number of nitrogens with one attached hydrogen (secondary N) is 1. The molecule has 1 N–H and O–H groups in total. The molecule has 1 saturated heterocycles. The number of aromatic nitrogens is 2. The summed E-state index contributed by atoms with van der Waals surface area (Å²) in [5.41, 5.74) is 2.18. The van der Waals surface area contributed by atoms with Gasteiger partial charge in [-0.05, 0) is 37.9 Å². The highest BCUT2D eigenvalue weighted by atomic mass is 16.5. The van der Waals surface area contributed by atoms with Gasteiger partial charge in [0, 0.05) is 13.2 Å². The van der Waals surface area contributed by atoms with Crippen molar-refractivity contribution >= 4 is 11.0 Å². The van der Waals surface area contributed by atoms with E-state index in [-0.39, 0.29) is 0 Å². The first-order valence-corrected chi connectivity index (χ1v) is 7.62. The van der Waals surface area contributed by atoms with E-state index in [1.807, 2.05) is 12.1 Å². The highest BCUT2D eigenvalue weighted by Gasteiger charge is 2.21. The third-order valence-electron chi connectivity index (χ3n) is 3.83. The molecule has 1 fully saturated rings. The van der Waals surface area contributed by atoms with Crippen molar-refractivity contribution in [3.63, 3.8) is 0 Å². The summed E-state index contributed by atoms with van der Waals surface area (Å²) < 4.78 is 5.89. The van der Waals surface area contributed by atoms with Crippen LogP contribution < -0.4 is 0 Å². The molecule has 0 aliphatic carbocycles. The number of H-pyrrole nitrogens is 1. The fourth-order valence-electron chi connectivity index (χ4n) is 2.87. The first kappa shape index (κ1) is 13.6. The summed E-state index contributed by atoms with van der Waals surface area (Å²) in [4.78, 5) is 10.5. The standard InChI is InChI=1S/C16H23N3O/c1-2-10-20-13-6-5-9-19(11-13)12-16-17-14-7-3-4-8-15(14)18-16/h3-4,7-8,13H,2,5-6,9-12H2,1H3,(H,17,18)/t13-/m1/s1. The molecule has 20 heavy (non-hydrogen) atoms. The lowest BCUT2D eigenvalue weighted by Crippen LogP contribution is -2.39. The van der Waals surface area contributed by atoms with Crippen LogP contribution in [0.5, 0.6) is 0 Å². The second-order valence-electron chi connectivity index (χ2n) is 5.57. The number of aromatic amines is 1. The summed E-state index contributed by atoms with van der Waals surface area (Å²) in [6.45, 7) is 6.10. The van der Waals surface area contributed by atoms with Crippen LogP contribution in [0.1, 0.15) is 32.0 Å². The Labute approximate surface area is 120 Å². The molecule has 2 aromatic rings. The number of piperidine rings is 1. The molecule has 1 aromatic carbocycles. The maximum atomic E-state index is 5.89. The number of rotatable bonds is 5. The fraction of sp³-hybridized carbons (Fsp3) is 0.562. The average molecular weight is 273 g/mol. The van der Waals surface area contributed by atoms with E-state index in [0.29, 0.717) is 6.10 Å². The smallest absolute Gasteiger partial charge is 0.121 e. The molecule has 0 bridgehead atoms. The number of hydrogen-bond donors (Lipinski definition) is 1. The molecule has 0 spiro atoms. The molecule has 0 amide bonds. The van der Waals surface area contributed by atoms with E-state index in [1.165, 1.54) is 12.8 Å². The summed E-state index contributed by atoms with van der Waals surface area (Å²) in [6.07, 6.45) is 3.90. The van der Waals surface area contributed by atoms with Gasteiger partial charge in [0.15, 0.2) is 0 Å². The van der Waals surface area contributed by atoms with Crippen molar-refractivity contribution in [2.75, 3.05) is 19.7 Å². The number of nitrogens with zero attached hydrogens (tertiary/aromatic N) is 2. The van der Waals surface area contributed by atoms with Gasteiger partial charge >= 0.3 is 0 Å². The fourth-order valence-corrected chi connectivity index (χ4v) is 2.87. The Balaban J connectivity index is 1.61. The molecule has 0 radical (unpaired) electrons. The SMILES string of the molecule is CCCO[C@@H]1CCCN(Cc2nc3ccccc3[nH]2)C1. The lowest BCUT2D eigenvalue weighted by atomic mass is 10.1. The maximum absolute atomic E-state index is 5.89. The van der Waals surface area contributed by atoms with Gasteiger partial charge in [-0.3, -0.25) is 4.90 Å². The lowest BCUT2D eigenvalue weighted by Gasteiger charge is -2.31. The summed E-state index contributed by atoms with van der Waals surface area (Å²) in [5.74, 6) is 1.06. The molecule has 1 atom stereocenters. The Morgan fingerprint density at radius 3 is 3.15 bits per heavy atom. The minimum atomic E-state index is 0.396. The van der Waals surface area contributed by atoms with Gasteiger partial charge in [-0.1, -0.05) is 19.1 Å². The average Bonchev–Trinajstić information content (AvgIpc) is 2.87. The van der Waals surface area contributed by atoms with E-state index >= 15 is 0 Å². The number of fused-ring (bicyclic) bond motifs is 1. The van der Waals surface area contributed by atoms with Crippen molar-refractivity contribution in [2.24, 2.45) is 0 Å². The van der Waals surface area contributed by atoms with E-state index in [2.05, 4.69) is 33.9 Å². The van der Waals surface area contributed by atoms with E-state index < -0.39 is 0 Å². The Hall–Kier alpha value is -1.39. The van der Waals surface area contributed by atoms with Gasteiger partial charge in [-0.25, -0.2) is 4.98 Å². The molecule has 2 heterocycles. The van der Waals surface area contributed by atoms with Crippen LogP contribution in [-0.4, -0.2) is 40.7 Å². The Bertz CT molecular complexity index is 518. The first-order valence-electron chi connectivity index (χ1n) is 7.62. The van der Waals surface area contributed by atoms with Crippen LogP contribution in [0.4, 0.5) is 0 Å². The first-order chi connectivity index (χ1) is 9.85. The van der Waals surface area contributed by atoms with Gasteiger partial charge < -0.3 is 9.72 Å². The normalized spacial score (nSPS) is 20.6. The summed E-state index contributed by atoms with van der Waals surface area (Å²) in [6, 6.07) is 8.20. The minimum absolute atomic E-state index is 0.396. The van der Waals surface area contributed by atoms with Crippen molar-refractivity contribution < 1.29 is 4.74 Å². The van der Waals surface area contributed by atoms with Crippen LogP contribution in [0.3, 0.4) is 0 Å². The highest BCUT2D eigenvalue weighted by Crippen LogP contribution is 2.17. The van der Waals surface area contributed by atoms with Gasteiger partial charge in [0.2, 0.25) is 0 Å². The predicted molar refractivity (Wildman–Crippen MR) is 80.6 cm³/mol. The molecule has 3 rings (SSSR count). The van der Waals surface area contributed by atoms with E-state index in [0.717, 1.165) is 49.5 Å². The van der Waals surface area contributed by atoms with E-state index in [4.69, 9.17) is 4.74 Å². The number of hydrogen-bond acceptors (Lipinski definition) is 3. The molecule has 1 aromatic heterocycles. The largest absolute Gasteiger partial charge is 0.377 e. The summed E-state index contributed by atoms with van der Waals surface area (Å²) in [5, 5.41) is 0. The molecular weight excluding hydrogens is 250 g/mol. The zero-order valence-electron chi connectivity index (χ0n) is 12.1. The van der Waals surface area contributed by atoms with Crippen molar-refractivity contribution in [2.45, 2.75) is 38.8 Å². The molecule has 0 saturated carbocycles. The second kappa shape index (κ2) is 6.37. The Kier molecular flexibility index (Phi) is 4.33. The topological polar surface area (TPSA) is 41.1 Å². The van der Waals surface area contributed by atoms with Gasteiger partial charge in [0.25, 0.3) is 0 Å². The van der Waals surface area contributed by atoms with Crippen LogP contribution in [0.25, 0.3) is 11.0 Å². The van der Waals surface area contributed by atoms with E-state index in [9.17, 15) is 0 Å². The molecular formula is C16H23N3O. The van der Waals surface area contributed by atoms with Crippen LogP contribution in [0, 0.1) is 0 Å². The number of para-hydroxylation sites is 2. The third-order valence-corrected chi connectivity index (χ3v) is 3.83. The maximum Gasteiger partial charge on any atom is 0.121 e. The minimum Gasteiger partial charge on any atom is -0.377 e. The zero-order valence-corrected chi connectivity index (χ0v) is 12.1. The van der Waals surface area contributed by atoms with Crippen molar-refractivity contribution in [3.05, 3.63) is 30.1 Å². The Morgan fingerprint density at radius 2 is 2.30 bits per heavy atom. The van der Waals surface area contributed by atoms with Gasteiger partial charge in [-0.15, -0.1) is 0 Å². The van der Waals surface area contributed by atoms with Gasteiger partial charge in [0.05, 0.1) is 23.7 Å². The van der Waals surface area contributed by atoms with E-state index in [1.54, 1.807) is 0 Å². The monoisotopic (exact) mass is 273 g/mol. The second-order valence-corrected chi connectivity index (χ2v) is 5.57. The summed E-state index contributed by atoms with van der Waals surface area (Å²) in [7, 11) is 0. The predicted octanol–water partition coefficient (Wildman–Crippen LogP) is 2.95. The molecule has 1 aliphatic rings. The third kappa shape index (κ3) is 3.19. The molecule has 4 heteroatoms. The zero-order chi connectivity index (χ0) is 13.8. The van der Waals surface area contributed by atoms with Crippen molar-refractivity contribution in [3.8, 4) is 0 Å². The van der Waals surface area contributed by atoms with Gasteiger partial charge in [0.1, 0.15) is 5.82 Å². The molecule has 108 valence electrons. The van der Waals surface area contributed by atoms with Crippen molar-refractivity contribution in [1.29, 1.82) is 0 Å². The number of imidazole rings is 1. The number of ether oxygens (including phenoxy) is 1. The van der Waals surface area contributed by atoms with Crippen LogP contribution in [0.15, 0.2) is 24.3 Å². The Morgan fingerprint density at radius 1 is 1.40 bits per heavy atom. The number of likely N-dealkylation sites (tertiary alicyclic amines) is 1. The van der Waals surface area contributed by atoms with Crippen LogP contribution in [0.2, 0.25) is 0 Å². The lowest BCUT2D eigenvalue weighted by molar-refractivity contribution is -0.00276. The van der Waals surface area contributed by atoms with Crippen LogP contribution >= 0.6 is 0 Å². The number of benzene rings is 1. The molecule has 1 aliphatic heterocycles. The quantitative estimate of drug-likeness (QED) is 0.910. The molecule has 4 nitrogen and oxygen atoms in total. The van der Waals surface area contributed by atoms with Crippen molar-refractivity contribution in [1.82, 2.24) is 14.9 Å². The summed E-state index contributed by atoms with van der Waals surface area (Å²) >= 11 is 0.